The zero-order valence-electron chi connectivity index (χ0n) is 20.3. The first-order valence-electron chi connectivity index (χ1n) is 12.1. The number of amides is 1. The predicted molar refractivity (Wildman–Crippen MR) is 147 cm³/mol. The van der Waals surface area contributed by atoms with Crippen molar-refractivity contribution in [2.24, 2.45) is 0 Å². The number of ether oxygens (including phenoxy) is 2. The van der Waals surface area contributed by atoms with E-state index in [1.165, 1.54) is 16.4 Å². The van der Waals surface area contributed by atoms with Crippen molar-refractivity contribution in [2.75, 3.05) is 31.6 Å². The van der Waals surface area contributed by atoms with Crippen LogP contribution in [0.1, 0.15) is 29.6 Å². The molecule has 4 rings (SSSR count). The van der Waals surface area contributed by atoms with Gasteiger partial charge in [-0.1, -0.05) is 36.8 Å². The first-order valence-corrected chi connectivity index (χ1v) is 13.9. The Balaban J connectivity index is 1.30. The van der Waals surface area contributed by atoms with Crippen LogP contribution in [0.15, 0.2) is 83.8 Å². The van der Waals surface area contributed by atoms with Crippen LogP contribution in [0.25, 0.3) is 0 Å². The SMILES string of the molecule is O=C(NC(=S)Nc1ccc(S(=O)(=O)N2CCCCC2)cc1)c1ccccc1OCCOc1ccccc1. The predicted octanol–water partition coefficient (Wildman–Crippen LogP) is 4.45. The molecule has 0 bridgehead atoms. The summed E-state index contributed by atoms with van der Waals surface area (Å²) in [7, 11) is -3.51. The summed E-state index contributed by atoms with van der Waals surface area (Å²) in [4.78, 5) is 13.1. The first kappa shape index (κ1) is 26.6. The quantitative estimate of drug-likeness (QED) is 0.306. The van der Waals surface area contributed by atoms with Crippen LogP contribution >= 0.6 is 12.2 Å². The average molecular weight is 540 g/mol. The summed E-state index contributed by atoms with van der Waals surface area (Å²) in [6.45, 7) is 1.67. The summed E-state index contributed by atoms with van der Waals surface area (Å²) >= 11 is 5.29. The maximum atomic E-state index is 12.8. The Hall–Kier alpha value is -3.47. The summed E-state index contributed by atoms with van der Waals surface area (Å²) in [5.41, 5.74) is 0.889. The topological polar surface area (TPSA) is 97.0 Å². The molecule has 8 nitrogen and oxygen atoms in total. The Bertz CT molecular complexity index is 1310. The van der Waals surface area contributed by atoms with Gasteiger partial charge in [0, 0.05) is 18.8 Å². The zero-order valence-corrected chi connectivity index (χ0v) is 21.9. The van der Waals surface area contributed by atoms with E-state index in [1.807, 2.05) is 30.3 Å². The minimum Gasteiger partial charge on any atom is -0.490 e. The van der Waals surface area contributed by atoms with E-state index in [2.05, 4.69) is 10.6 Å². The smallest absolute Gasteiger partial charge is 0.261 e. The third-order valence-corrected chi connectivity index (χ3v) is 7.89. The monoisotopic (exact) mass is 539 g/mol. The number of carbonyl (C=O) groups excluding carboxylic acids is 1. The Labute approximate surface area is 222 Å². The second-order valence-corrected chi connectivity index (χ2v) is 10.7. The fraction of sp³-hybridized carbons (Fsp3) is 0.259. The molecule has 1 amide bonds. The van der Waals surface area contributed by atoms with Crippen molar-refractivity contribution in [3.8, 4) is 11.5 Å². The van der Waals surface area contributed by atoms with Gasteiger partial charge in [0.05, 0.1) is 10.5 Å². The fourth-order valence-corrected chi connectivity index (χ4v) is 5.63. The zero-order chi connectivity index (χ0) is 26.1. The molecule has 1 aliphatic heterocycles. The number of benzene rings is 3. The van der Waals surface area contributed by atoms with Crippen molar-refractivity contribution >= 4 is 38.9 Å². The Morgan fingerprint density at radius 3 is 2.22 bits per heavy atom. The van der Waals surface area contributed by atoms with Crippen molar-refractivity contribution in [1.29, 1.82) is 0 Å². The van der Waals surface area contributed by atoms with E-state index in [-0.39, 0.29) is 16.6 Å². The van der Waals surface area contributed by atoms with Crippen molar-refractivity contribution in [3.63, 3.8) is 0 Å². The van der Waals surface area contributed by atoms with E-state index in [0.717, 1.165) is 25.0 Å². The van der Waals surface area contributed by atoms with Gasteiger partial charge >= 0.3 is 0 Å². The van der Waals surface area contributed by atoms with Gasteiger partial charge in [0.1, 0.15) is 24.7 Å². The summed E-state index contributed by atoms with van der Waals surface area (Å²) < 4.78 is 38.6. The van der Waals surface area contributed by atoms with Gasteiger partial charge in [-0.05, 0) is 73.6 Å². The third-order valence-electron chi connectivity index (χ3n) is 5.78. The molecule has 1 saturated heterocycles. The molecule has 2 N–H and O–H groups in total. The molecule has 3 aromatic carbocycles. The van der Waals surface area contributed by atoms with Gasteiger partial charge in [-0.25, -0.2) is 8.42 Å². The molecule has 0 aromatic heterocycles. The average Bonchev–Trinajstić information content (AvgIpc) is 2.92. The summed E-state index contributed by atoms with van der Waals surface area (Å²) in [5.74, 6) is 0.721. The van der Waals surface area contributed by atoms with Gasteiger partial charge in [0.25, 0.3) is 5.91 Å². The number of piperidine rings is 1. The van der Waals surface area contributed by atoms with Crippen molar-refractivity contribution in [2.45, 2.75) is 24.2 Å². The van der Waals surface area contributed by atoms with Crippen LogP contribution in [-0.4, -0.2) is 50.0 Å². The number of para-hydroxylation sites is 2. The molecular formula is C27H29N3O5S2. The number of sulfonamides is 1. The summed E-state index contributed by atoms with van der Waals surface area (Å²) in [6, 6.07) is 22.6. The summed E-state index contributed by atoms with van der Waals surface area (Å²) in [6.07, 6.45) is 2.81. The molecule has 0 atom stereocenters. The molecule has 0 radical (unpaired) electrons. The van der Waals surface area contributed by atoms with E-state index in [9.17, 15) is 13.2 Å². The van der Waals surface area contributed by atoms with Gasteiger partial charge in [0.2, 0.25) is 10.0 Å². The third kappa shape index (κ3) is 7.28. The van der Waals surface area contributed by atoms with Gasteiger partial charge in [0.15, 0.2) is 5.11 Å². The molecular weight excluding hydrogens is 510 g/mol. The lowest BCUT2D eigenvalue weighted by Gasteiger charge is -2.25. The second kappa shape index (κ2) is 12.7. The van der Waals surface area contributed by atoms with Crippen LogP contribution < -0.4 is 20.1 Å². The van der Waals surface area contributed by atoms with E-state index < -0.39 is 15.9 Å². The van der Waals surface area contributed by atoms with Crippen molar-refractivity contribution < 1.29 is 22.7 Å². The normalized spacial score (nSPS) is 13.9. The second-order valence-electron chi connectivity index (χ2n) is 8.40. The van der Waals surface area contributed by atoms with Crippen LogP contribution in [0.2, 0.25) is 0 Å². The van der Waals surface area contributed by atoms with Gasteiger partial charge in [-0.2, -0.15) is 4.31 Å². The molecule has 3 aromatic rings. The van der Waals surface area contributed by atoms with Crippen LogP contribution in [-0.2, 0) is 10.0 Å². The Morgan fingerprint density at radius 2 is 1.49 bits per heavy atom. The molecule has 0 aliphatic carbocycles. The highest BCUT2D eigenvalue weighted by atomic mass is 32.2. The van der Waals surface area contributed by atoms with Crippen LogP contribution in [0, 0.1) is 0 Å². The summed E-state index contributed by atoms with van der Waals surface area (Å²) in [5, 5.41) is 5.64. The van der Waals surface area contributed by atoms with E-state index in [0.29, 0.717) is 36.7 Å². The molecule has 37 heavy (non-hydrogen) atoms. The fourth-order valence-electron chi connectivity index (χ4n) is 3.91. The van der Waals surface area contributed by atoms with Crippen LogP contribution in [0.3, 0.4) is 0 Å². The van der Waals surface area contributed by atoms with E-state index in [1.54, 1.807) is 36.4 Å². The highest BCUT2D eigenvalue weighted by Crippen LogP contribution is 2.22. The number of rotatable bonds is 9. The van der Waals surface area contributed by atoms with Gasteiger partial charge in [-0.15, -0.1) is 0 Å². The lowest BCUT2D eigenvalue weighted by Crippen LogP contribution is -2.35. The number of carbonyl (C=O) groups is 1. The van der Waals surface area contributed by atoms with Gasteiger partial charge < -0.3 is 14.8 Å². The number of thiocarbonyl (C=S) groups is 1. The maximum Gasteiger partial charge on any atom is 0.261 e. The number of anilines is 1. The Kier molecular flexibility index (Phi) is 9.10. The molecule has 0 saturated carbocycles. The standard InChI is InChI=1S/C27H29N3O5S2/c31-26(24-11-5-6-12-25(24)35-20-19-34-22-9-3-1-4-10-22)29-27(36)28-21-13-15-23(16-14-21)37(32,33)30-17-7-2-8-18-30/h1,3-6,9-16H,2,7-8,17-20H2,(H2,28,29,31,36). The number of nitrogens with zero attached hydrogens (tertiary/aromatic N) is 1. The molecule has 0 unspecified atom stereocenters. The molecule has 1 heterocycles. The molecule has 1 fully saturated rings. The van der Waals surface area contributed by atoms with E-state index >= 15 is 0 Å². The molecule has 10 heteroatoms. The van der Waals surface area contributed by atoms with Crippen molar-refractivity contribution in [1.82, 2.24) is 9.62 Å². The van der Waals surface area contributed by atoms with Crippen LogP contribution in [0.5, 0.6) is 11.5 Å². The number of hydrogen-bond donors (Lipinski definition) is 2. The highest BCUT2D eigenvalue weighted by Gasteiger charge is 2.25. The molecule has 1 aliphatic rings. The molecule has 194 valence electrons. The van der Waals surface area contributed by atoms with E-state index in [4.69, 9.17) is 21.7 Å². The lowest BCUT2D eigenvalue weighted by molar-refractivity contribution is 0.0972. The Morgan fingerprint density at radius 1 is 0.838 bits per heavy atom. The van der Waals surface area contributed by atoms with Gasteiger partial charge in [-0.3, -0.25) is 10.1 Å². The number of hydrogen-bond acceptors (Lipinski definition) is 6. The number of nitrogens with one attached hydrogen (secondary N) is 2. The highest BCUT2D eigenvalue weighted by molar-refractivity contribution is 7.89. The first-order chi connectivity index (χ1) is 17.9. The van der Waals surface area contributed by atoms with Crippen molar-refractivity contribution in [3.05, 3.63) is 84.4 Å². The van der Waals surface area contributed by atoms with Crippen LogP contribution in [0.4, 0.5) is 5.69 Å². The lowest BCUT2D eigenvalue weighted by atomic mass is 10.2. The minimum absolute atomic E-state index is 0.0823. The minimum atomic E-state index is -3.51. The largest absolute Gasteiger partial charge is 0.490 e. The maximum absolute atomic E-state index is 12.8. The molecule has 0 spiro atoms.